The van der Waals surface area contributed by atoms with E-state index in [0.717, 1.165) is 88.2 Å². The summed E-state index contributed by atoms with van der Waals surface area (Å²) in [5.41, 5.74) is 20.4. The highest BCUT2D eigenvalue weighted by atomic mass is 15.1. The zero-order valence-corrected chi connectivity index (χ0v) is 51.8. The van der Waals surface area contributed by atoms with Gasteiger partial charge in [-0.05, 0) is 105 Å². The van der Waals surface area contributed by atoms with Gasteiger partial charge in [0.2, 0.25) is 0 Å². The molecular formula is C85H60N8. The molecule has 0 aliphatic carbocycles. The van der Waals surface area contributed by atoms with E-state index in [1.807, 2.05) is 72.8 Å². The Hall–Kier alpha value is -11.7. The van der Waals surface area contributed by atoms with Gasteiger partial charge in [-0.3, -0.25) is 0 Å². The highest BCUT2D eigenvalue weighted by Crippen LogP contribution is 2.56. The van der Waals surface area contributed by atoms with E-state index >= 15 is 0 Å². The fourth-order valence-corrected chi connectivity index (χ4v) is 15.4. The third-order valence-corrected chi connectivity index (χ3v) is 19.9. The Morgan fingerprint density at radius 3 is 0.871 bits per heavy atom. The minimum atomic E-state index is -0.900. The number of hydrogen-bond donors (Lipinski definition) is 0. The second-order valence-corrected chi connectivity index (χ2v) is 25.8. The predicted molar refractivity (Wildman–Crippen MR) is 377 cm³/mol. The van der Waals surface area contributed by atoms with Crippen molar-refractivity contribution in [2.45, 2.75) is 43.9 Å². The molecule has 8 nitrogen and oxygen atoms in total. The molecule has 0 atom stereocenters. The molecule has 2 aliphatic heterocycles. The Kier molecular flexibility index (Phi) is 12.0. The van der Waals surface area contributed by atoms with E-state index in [1.165, 1.54) is 44.7 Å². The molecule has 0 fully saturated rings. The molecule has 0 bridgehead atoms. The molecule has 16 aromatic rings. The van der Waals surface area contributed by atoms with Crippen LogP contribution in [0.25, 0.3) is 123 Å². The molecular weight excluding hydrogens is 1130 g/mol. The third-order valence-electron chi connectivity index (χ3n) is 19.9. The number of fused-ring (bicyclic) bond motifs is 10. The molecule has 4 aromatic heterocycles. The van der Waals surface area contributed by atoms with Crippen LogP contribution in [0.2, 0.25) is 0 Å². The third kappa shape index (κ3) is 8.24. The Morgan fingerprint density at radius 2 is 0.538 bits per heavy atom. The summed E-state index contributed by atoms with van der Waals surface area (Å²) in [6.45, 7) is 9.63. The van der Waals surface area contributed by atoms with Gasteiger partial charge in [-0.15, -0.1) is 0 Å². The second kappa shape index (κ2) is 20.6. The summed E-state index contributed by atoms with van der Waals surface area (Å²) in [5, 5.41) is 4.52. The average Bonchev–Trinajstić information content (AvgIpc) is 1.67. The highest BCUT2D eigenvalue weighted by Gasteiger charge is 2.45. The summed E-state index contributed by atoms with van der Waals surface area (Å²) in [7, 11) is 0. The lowest BCUT2D eigenvalue weighted by Gasteiger charge is -2.41. The quantitative estimate of drug-likeness (QED) is 0.127. The lowest BCUT2D eigenvalue weighted by Crippen LogP contribution is -2.34. The summed E-state index contributed by atoms with van der Waals surface area (Å²) in [4.78, 5) is 31.3. The zero-order chi connectivity index (χ0) is 62.2. The first-order valence-electron chi connectivity index (χ1n) is 31.9. The standard InChI is InChI=1S/C85H60N8/c1-83(2)67-39-23-25-41-73(67)92-71-45-43-57(81-88-77(53-27-11-5-12-28-53)86-78(89-81)54-29-13-6-14-30-54)47-63(71)65-49-61(51-69(83)75(65)92)85(59-35-19-9-20-36-59,60-37-21-10-22-38-60)62-50-66-64-48-58(44-46-72(64)93-74-42-26-24-40-68(74)84(3,4)70(52-62)76(66)93)82-90-79(55-31-15-7-16-32-55)87-80(91-82)56-33-17-8-18-34-56/h5-52H,1-4H3. The molecule has 0 spiro atoms. The second-order valence-electron chi connectivity index (χ2n) is 25.8. The van der Waals surface area contributed by atoms with E-state index in [0.29, 0.717) is 34.9 Å². The van der Waals surface area contributed by atoms with Gasteiger partial charge < -0.3 is 9.13 Å². The first-order chi connectivity index (χ1) is 45.6. The van der Waals surface area contributed by atoms with Crippen molar-refractivity contribution in [2.75, 3.05) is 0 Å². The SMILES string of the molecule is CC1(C)c2ccccc2-n2c3ccc(-c4nc(-c5ccccc5)nc(-c5ccccc5)n4)cc3c3cc(C(c4ccccc4)(c4ccccc4)c4cc5c6c(c4)c4cc(-c7nc(-c8ccccc8)nc(-c8ccccc8)n7)ccc4n6-c4ccccc4C5(C)C)cc1c32. The molecule has 8 heteroatoms. The number of hydrogen-bond acceptors (Lipinski definition) is 6. The Bertz CT molecular complexity index is 5190. The van der Waals surface area contributed by atoms with Crippen molar-refractivity contribution < 1.29 is 0 Å². The number of benzene rings is 12. The van der Waals surface area contributed by atoms with Gasteiger partial charge in [0.15, 0.2) is 34.9 Å². The van der Waals surface area contributed by atoms with Crippen LogP contribution in [0, 0.1) is 0 Å². The van der Waals surface area contributed by atoms with Gasteiger partial charge in [0.25, 0.3) is 0 Å². The van der Waals surface area contributed by atoms with Gasteiger partial charge >= 0.3 is 0 Å². The fourth-order valence-electron chi connectivity index (χ4n) is 15.4. The van der Waals surface area contributed by atoms with Crippen molar-refractivity contribution in [2.24, 2.45) is 0 Å². The maximum absolute atomic E-state index is 5.29. The van der Waals surface area contributed by atoms with Crippen LogP contribution in [0.4, 0.5) is 0 Å². The number of rotatable bonds is 10. The molecule has 0 unspecified atom stereocenters. The van der Waals surface area contributed by atoms with Gasteiger partial charge in [0, 0.05) is 65.8 Å². The molecule has 12 aromatic carbocycles. The molecule has 2 aliphatic rings. The van der Waals surface area contributed by atoms with Gasteiger partial charge in [0.05, 0.1) is 38.9 Å². The average molecular weight is 1190 g/mol. The van der Waals surface area contributed by atoms with Crippen LogP contribution < -0.4 is 0 Å². The first kappa shape index (κ1) is 54.2. The van der Waals surface area contributed by atoms with Crippen molar-refractivity contribution in [1.29, 1.82) is 0 Å². The number of nitrogens with zero attached hydrogens (tertiary/aromatic N) is 8. The minimum Gasteiger partial charge on any atom is -0.309 e. The molecule has 0 radical (unpaired) electrons. The van der Waals surface area contributed by atoms with Gasteiger partial charge in [-0.25, -0.2) is 29.9 Å². The van der Waals surface area contributed by atoms with Crippen molar-refractivity contribution in [1.82, 2.24) is 39.0 Å². The van der Waals surface area contributed by atoms with Crippen LogP contribution in [-0.4, -0.2) is 39.0 Å². The van der Waals surface area contributed by atoms with E-state index in [-0.39, 0.29) is 0 Å². The Morgan fingerprint density at radius 1 is 0.247 bits per heavy atom. The van der Waals surface area contributed by atoms with Gasteiger partial charge in [-0.1, -0.05) is 258 Å². The van der Waals surface area contributed by atoms with Gasteiger partial charge in [0.1, 0.15) is 0 Å². The van der Waals surface area contributed by atoms with E-state index in [4.69, 9.17) is 29.9 Å². The lowest BCUT2D eigenvalue weighted by atomic mass is 9.62. The van der Waals surface area contributed by atoms with E-state index in [9.17, 15) is 0 Å². The monoisotopic (exact) mass is 1190 g/mol. The number of aromatic nitrogens is 8. The lowest BCUT2D eigenvalue weighted by molar-refractivity contribution is 0.622. The smallest absolute Gasteiger partial charge is 0.164 e. The van der Waals surface area contributed by atoms with Crippen molar-refractivity contribution in [3.63, 3.8) is 0 Å². The van der Waals surface area contributed by atoms with Crippen molar-refractivity contribution in [3.05, 3.63) is 336 Å². The van der Waals surface area contributed by atoms with Crippen LogP contribution in [0.15, 0.2) is 291 Å². The van der Waals surface area contributed by atoms with Crippen molar-refractivity contribution in [3.8, 4) is 79.7 Å². The molecule has 0 N–H and O–H groups in total. The largest absolute Gasteiger partial charge is 0.309 e. The molecule has 93 heavy (non-hydrogen) atoms. The first-order valence-corrected chi connectivity index (χ1v) is 31.9. The van der Waals surface area contributed by atoms with Crippen LogP contribution >= 0.6 is 0 Å². The predicted octanol–water partition coefficient (Wildman–Crippen LogP) is 19.9. The van der Waals surface area contributed by atoms with E-state index in [1.54, 1.807) is 0 Å². The summed E-state index contributed by atoms with van der Waals surface area (Å²) in [6.07, 6.45) is 0. The molecule has 6 heterocycles. The van der Waals surface area contributed by atoms with Crippen LogP contribution in [0.5, 0.6) is 0 Å². The topological polar surface area (TPSA) is 87.2 Å². The summed E-state index contributed by atoms with van der Waals surface area (Å²) >= 11 is 0. The molecule has 0 saturated heterocycles. The highest BCUT2D eigenvalue weighted by molar-refractivity contribution is 6.15. The Balaban J connectivity index is 0.944. The Labute approximate surface area is 538 Å². The van der Waals surface area contributed by atoms with Gasteiger partial charge in [-0.2, -0.15) is 0 Å². The number of para-hydroxylation sites is 2. The minimum absolute atomic E-state index is 0.429. The summed E-state index contributed by atoms with van der Waals surface area (Å²) < 4.78 is 5.03. The fraction of sp³-hybridized carbons (Fsp3) is 0.0824. The van der Waals surface area contributed by atoms with E-state index < -0.39 is 16.2 Å². The zero-order valence-electron chi connectivity index (χ0n) is 51.8. The molecule has 0 saturated carbocycles. The summed E-state index contributed by atoms with van der Waals surface area (Å²) in [6, 6.07) is 105. The van der Waals surface area contributed by atoms with Crippen LogP contribution in [-0.2, 0) is 16.2 Å². The molecule has 440 valence electrons. The molecule has 18 rings (SSSR count). The molecule has 0 amide bonds. The van der Waals surface area contributed by atoms with E-state index in [2.05, 4.69) is 255 Å². The normalized spacial score (nSPS) is 13.5. The van der Waals surface area contributed by atoms with Crippen LogP contribution in [0.3, 0.4) is 0 Å². The maximum Gasteiger partial charge on any atom is 0.164 e. The summed E-state index contributed by atoms with van der Waals surface area (Å²) in [5.74, 6) is 3.71. The van der Waals surface area contributed by atoms with Crippen molar-refractivity contribution >= 4 is 43.6 Å². The maximum atomic E-state index is 5.29. The van der Waals surface area contributed by atoms with Crippen LogP contribution in [0.1, 0.15) is 72.2 Å².